The number of likely N-dealkylation sites (tertiary alicyclic amines) is 1. The molecular weight excluding hydrogens is 374 g/mol. The lowest BCUT2D eigenvalue weighted by Crippen LogP contribution is -2.38. The number of amidine groups is 1. The van der Waals surface area contributed by atoms with Gasteiger partial charge < -0.3 is 10.1 Å². The summed E-state index contributed by atoms with van der Waals surface area (Å²) in [7, 11) is 0. The first-order valence-corrected chi connectivity index (χ1v) is 9.73. The number of nitrogens with zero attached hydrogens (tertiary/aromatic N) is 4. The van der Waals surface area contributed by atoms with Gasteiger partial charge >= 0.3 is 0 Å². The molecule has 3 heterocycles. The van der Waals surface area contributed by atoms with E-state index < -0.39 is 0 Å². The minimum atomic E-state index is 0.266. The van der Waals surface area contributed by atoms with E-state index >= 15 is 0 Å². The predicted molar refractivity (Wildman–Crippen MR) is 111 cm³/mol. The number of nitrogens with one attached hydrogen (secondary N) is 1. The Bertz CT molecular complexity index is 968. The summed E-state index contributed by atoms with van der Waals surface area (Å²) in [6.07, 6.45) is 5.68. The van der Waals surface area contributed by atoms with Gasteiger partial charge in [-0.25, -0.2) is 0 Å². The van der Waals surface area contributed by atoms with Gasteiger partial charge in [0, 0.05) is 53.2 Å². The fraction of sp³-hybridized carbons (Fsp3) is 0.286. The van der Waals surface area contributed by atoms with Gasteiger partial charge in [0.05, 0.1) is 0 Å². The normalized spacial score (nSPS) is 17.7. The van der Waals surface area contributed by atoms with Gasteiger partial charge in [0.15, 0.2) is 0 Å². The number of piperidine rings is 1. The highest BCUT2D eigenvalue weighted by molar-refractivity contribution is 6.30. The van der Waals surface area contributed by atoms with E-state index in [4.69, 9.17) is 16.8 Å². The van der Waals surface area contributed by atoms with Crippen LogP contribution in [0.1, 0.15) is 31.4 Å². The molecule has 4 rings (SSSR count). The van der Waals surface area contributed by atoms with Gasteiger partial charge in [-0.05, 0) is 49.6 Å². The fourth-order valence-corrected chi connectivity index (χ4v) is 3.97. The molecule has 1 atom stereocenters. The zero-order valence-corrected chi connectivity index (χ0v) is 16.4. The molecule has 1 aliphatic heterocycles. The number of rotatable bonds is 3. The lowest BCUT2D eigenvalue weighted by Gasteiger charge is -2.33. The minimum Gasteiger partial charge on any atom is -0.409 e. The molecule has 1 saturated heterocycles. The summed E-state index contributed by atoms with van der Waals surface area (Å²) in [6.45, 7) is 3.52. The van der Waals surface area contributed by atoms with Crippen LogP contribution in [0, 0.1) is 0 Å². The third-order valence-corrected chi connectivity index (χ3v) is 5.56. The average Bonchev–Trinajstić information content (AvgIpc) is 3.19. The first-order valence-electron chi connectivity index (χ1n) is 9.35. The monoisotopic (exact) mass is 395 g/mol. The summed E-state index contributed by atoms with van der Waals surface area (Å²) in [5.41, 5.74) is 5.19. The van der Waals surface area contributed by atoms with Gasteiger partial charge in [0.2, 0.25) is 0 Å². The van der Waals surface area contributed by atoms with Crippen molar-refractivity contribution in [3.05, 3.63) is 59.5 Å². The second-order valence-electron chi connectivity index (χ2n) is 7.04. The second kappa shape index (κ2) is 8.02. The van der Waals surface area contributed by atoms with Crippen LogP contribution < -0.4 is 0 Å². The highest BCUT2D eigenvalue weighted by Crippen LogP contribution is 2.39. The number of benzene rings is 1. The Morgan fingerprint density at radius 1 is 1.18 bits per heavy atom. The van der Waals surface area contributed by atoms with Crippen molar-refractivity contribution in [2.45, 2.75) is 25.7 Å². The molecule has 7 heteroatoms. The van der Waals surface area contributed by atoms with Crippen molar-refractivity contribution in [2.75, 3.05) is 13.1 Å². The number of oxime groups is 1. The van der Waals surface area contributed by atoms with E-state index in [1.165, 1.54) is 0 Å². The molecule has 0 aliphatic carbocycles. The molecule has 2 aromatic heterocycles. The van der Waals surface area contributed by atoms with Crippen LogP contribution in [0.2, 0.25) is 5.02 Å². The van der Waals surface area contributed by atoms with Crippen LogP contribution in [0.3, 0.4) is 0 Å². The van der Waals surface area contributed by atoms with Crippen LogP contribution in [0.5, 0.6) is 0 Å². The number of hydrogen-bond acceptors (Lipinski definition) is 4. The van der Waals surface area contributed by atoms with Crippen molar-refractivity contribution in [1.82, 2.24) is 20.1 Å². The largest absolute Gasteiger partial charge is 0.409 e. The number of halogens is 1. The van der Waals surface area contributed by atoms with Crippen molar-refractivity contribution in [3.63, 3.8) is 0 Å². The highest BCUT2D eigenvalue weighted by atomic mass is 35.5. The van der Waals surface area contributed by atoms with Gasteiger partial charge in [-0.3, -0.25) is 10.1 Å². The molecule has 0 saturated carbocycles. The Balaban J connectivity index is 1.78. The molecule has 0 amide bonds. The van der Waals surface area contributed by atoms with Gasteiger partial charge in [-0.2, -0.15) is 5.10 Å². The van der Waals surface area contributed by atoms with Crippen LogP contribution in [0.4, 0.5) is 0 Å². The van der Waals surface area contributed by atoms with Gasteiger partial charge in [0.25, 0.3) is 0 Å². The van der Waals surface area contributed by atoms with Crippen LogP contribution in [-0.4, -0.2) is 44.2 Å². The summed E-state index contributed by atoms with van der Waals surface area (Å²) >= 11 is 6.07. The SMILES string of the molecule is CC(=NO)N1CCCC(c2[nH]nc(-c3ccc(Cl)cc3)c2-c2ccncc2)C1. The topological polar surface area (TPSA) is 77.4 Å². The Morgan fingerprint density at radius 3 is 2.64 bits per heavy atom. The number of aromatic nitrogens is 3. The van der Waals surface area contributed by atoms with E-state index in [9.17, 15) is 0 Å². The molecule has 0 radical (unpaired) electrons. The maximum absolute atomic E-state index is 9.16. The van der Waals surface area contributed by atoms with Crippen molar-refractivity contribution < 1.29 is 5.21 Å². The number of H-pyrrole nitrogens is 1. The molecule has 2 N–H and O–H groups in total. The number of hydrogen-bond donors (Lipinski definition) is 2. The zero-order chi connectivity index (χ0) is 19.5. The summed E-state index contributed by atoms with van der Waals surface area (Å²) in [5.74, 6) is 0.912. The van der Waals surface area contributed by atoms with Gasteiger partial charge in [-0.1, -0.05) is 28.9 Å². The van der Waals surface area contributed by atoms with Crippen molar-refractivity contribution in [3.8, 4) is 22.4 Å². The van der Waals surface area contributed by atoms with E-state index in [0.29, 0.717) is 10.9 Å². The van der Waals surface area contributed by atoms with E-state index in [0.717, 1.165) is 54.0 Å². The Hall–Kier alpha value is -2.86. The van der Waals surface area contributed by atoms with Crippen LogP contribution in [-0.2, 0) is 0 Å². The van der Waals surface area contributed by atoms with Crippen LogP contribution in [0.15, 0.2) is 53.9 Å². The van der Waals surface area contributed by atoms with Gasteiger partial charge in [0.1, 0.15) is 11.5 Å². The average molecular weight is 396 g/mol. The van der Waals surface area contributed by atoms with Crippen molar-refractivity contribution in [2.24, 2.45) is 5.16 Å². The van der Waals surface area contributed by atoms with E-state index in [1.807, 2.05) is 43.3 Å². The molecule has 1 fully saturated rings. The second-order valence-corrected chi connectivity index (χ2v) is 7.47. The number of aromatic amines is 1. The van der Waals surface area contributed by atoms with Crippen LogP contribution in [0.25, 0.3) is 22.4 Å². The zero-order valence-electron chi connectivity index (χ0n) is 15.6. The Kier molecular flexibility index (Phi) is 5.30. The lowest BCUT2D eigenvalue weighted by atomic mass is 9.88. The smallest absolute Gasteiger partial charge is 0.141 e. The third kappa shape index (κ3) is 3.60. The molecule has 6 nitrogen and oxygen atoms in total. The maximum Gasteiger partial charge on any atom is 0.141 e. The van der Waals surface area contributed by atoms with Crippen LogP contribution >= 0.6 is 11.6 Å². The predicted octanol–water partition coefficient (Wildman–Crippen LogP) is 4.78. The van der Waals surface area contributed by atoms with E-state index in [2.05, 4.69) is 25.2 Å². The molecular formula is C21H22ClN5O. The lowest BCUT2D eigenvalue weighted by molar-refractivity contribution is 0.269. The summed E-state index contributed by atoms with van der Waals surface area (Å²) in [6, 6.07) is 11.8. The number of pyridine rings is 1. The van der Waals surface area contributed by atoms with Crippen molar-refractivity contribution in [1.29, 1.82) is 0 Å². The molecule has 0 bridgehead atoms. The molecule has 0 spiro atoms. The summed E-state index contributed by atoms with van der Waals surface area (Å²) < 4.78 is 0. The fourth-order valence-electron chi connectivity index (χ4n) is 3.85. The first kappa shape index (κ1) is 18.5. The third-order valence-electron chi connectivity index (χ3n) is 5.31. The maximum atomic E-state index is 9.16. The van der Waals surface area contributed by atoms with E-state index in [-0.39, 0.29) is 5.92 Å². The highest BCUT2D eigenvalue weighted by Gasteiger charge is 2.28. The Morgan fingerprint density at radius 2 is 1.93 bits per heavy atom. The minimum absolute atomic E-state index is 0.266. The summed E-state index contributed by atoms with van der Waals surface area (Å²) in [4.78, 5) is 6.28. The molecule has 1 aliphatic rings. The van der Waals surface area contributed by atoms with Gasteiger partial charge in [-0.15, -0.1) is 0 Å². The molecule has 144 valence electrons. The summed E-state index contributed by atoms with van der Waals surface area (Å²) in [5, 5.41) is 21.2. The van der Waals surface area contributed by atoms with E-state index in [1.54, 1.807) is 12.4 Å². The molecule has 3 aromatic rings. The van der Waals surface area contributed by atoms with Crippen molar-refractivity contribution >= 4 is 17.4 Å². The first-order chi connectivity index (χ1) is 13.7. The quantitative estimate of drug-likeness (QED) is 0.289. The standard InChI is InChI=1S/C21H22ClN5O/c1-14(26-28)27-12-2-3-17(13-27)21-19(15-8-10-23-11-9-15)20(24-25-21)16-4-6-18(22)7-5-16/h4-11,17,28H,2-3,12-13H2,1H3,(H,24,25). The Labute approximate surface area is 168 Å². The molecule has 1 unspecified atom stereocenters. The molecule has 1 aromatic carbocycles. The molecule has 28 heavy (non-hydrogen) atoms.